The van der Waals surface area contributed by atoms with E-state index in [0.717, 1.165) is 0 Å². The van der Waals surface area contributed by atoms with Crippen LogP contribution in [-0.2, 0) is 0 Å². The van der Waals surface area contributed by atoms with Crippen LogP contribution in [0.2, 0.25) is 0 Å². The summed E-state index contributed by atoms with van der Waals surface area (Å²) >= 11 is 3.79. The quantitative estimate of drug-likeness (QED) is 0.164. The zero-order valence-corrected chi connectivity index (χ0v) is 28.6. The molecule has 0 saturated carbocycles. The van der Waals surface area contributed by atoms with E-state index in [1.807, 2.05) is 22.7 Å². The van der Waals surface area contributed by atoms with E-state index >= 15 is 0 Å². The van der Waals surface area contributed by atoms with E-state index < -0.39 is 0 Å². The summed E-state index contributed by atoms with van der Waals surface area (Å²) in [7, 11) is 0. The second kappa shape index (κ2) is 10.9. The van der Waals surface area contributed by atoms with Crippen molar-refractivity contribution in [3.63, 3.8) is 0 Å². The van der Waals surface area contributed by atoms with E-state index in [-0.39, 0.29) is 0 Å². The molecule has 0 aliphatic carbocycles. The standard InChI is InChI=1S/C48H28S2/c1-2-10-30(11-3-1)45-33-12-4-6-14-35(33)46(36-15-7-5-13-34(36)45)31-20-18-29(19-21-31)32-22-23-40-44(28-32)50-43-27-25-37-38(48(40)43)24-26-42-47(37)39-16-8-9-17-41(39)49-42/h1-28H. The highest BCUT2D eigenvalue weighted by molar-refractivity contribution is 7.26. The minimum Gasteiger partial charge on any atom is -0.135 e. The van der Waals surface area contributed by atoms with Crippen molar-refractivity contribution in [3.8, 4) is 33.4 Å². The van der Waals surface area contributed by atoms with Crippen LogP contribution in [0.25, 0.3) is 106 Å². The van der Waals surface area contributed by atoms with E-state index in [1.165, 1.54) is 106 Å². The molecule has 0 nitrogen and oxygen atoms in total. The van der Waals surface area contributed by atoms with Crippen molar-refractivity contribution in [2.75, 3.05) is 0 Å². The van der Waals surface area contributed by atoms with Crippen LogP contribution in [0.4, 0.5) is 0 Å². The second-order valence-electron chi connectivity index (χ2n) is 13.2. The predicted molar refractivity (Wildman–Crippen MR) is 221 cm³/mol. The van der Waals surface area contributed by atoms with Gasteiger partial charge in [-0.25, -0.2) is 0 Å². The molecule has 2 heteroatoms. The maximum atomic E-state index is 2.39. The van der Waals surface area contributed by atoms with Crippen LogP contribution in [0.15, 0.2) is 170 Å². The number of rotatable bonds is 3. The van der Waals surface area contributed by atoms with E-state index in [4.69, 9.17) is 0 Å². The van der Waals surface area contributed by atoms with Gasteiger partial charge in [0.2, 0.25) is 0 Å². The Labute approximate surface area is 297 Å². The minimum atomic E-state index is 1.24. The molecule has 0 N–H and O–H groups in total. The van der Waals surface area contributed by atoms with Gasteiger partial charge in [0.05, 0.1) is 0 Å². The van der Waals surface area contributed by atoms with Gasteiger partial charge in [-0.1, -0.05) is 146 Å². The van der Waals surface area contributed by atoms with Crippen LogP contribution < -0.4 is 0 Å². The lowest BCUT2D eigenvalue weighted by atomic mass is 9.86. The van der Waals surface area contributed by atoms with Crippen molar-refractivity contribution < 1.29 is 0 Å². The lowest BCUT2D eigenvalue weighted by Crippen LogP contribution is -1.90. The van der Waals surface area contributed by atoms with Crippen molar-refractivity contribution in [1.29, 1.82) is 0 Å². The summed E-state index contributed by atoms with van der Waals surface area (Å²) in [5.41, 5.74) is 7.57. The van der Waals surface area contributed by atoms with Crippen molar-refractivity contribution in [3.05, 3.63) is 170 Å². The highest BCUT2D eigenvalue weighted by Crippen LogP contribution is 2.46. The van der Waals surface area contributed by atoms with Crippen LogP contribution >= 0.6 is 22.7 Å². The molecular weight excluding hydrogens is 641 g/mol. The van der Waals surface area contributed by atoms with E-state index in [2.05, 4.69) is 170 Å². The molecule has 2 aromatic heterocycles. The predicted octanol–water partition coefficient (Wildman–Crippen LogP) is 14.9. The molecule has 0 atom stereocenters. The van der Waals surface area contributed by atoms with Gasteiger partial charge in [-0.05, 0) is 90.0 Å². The summed E-state index contributed by atoms with van der Waals surface area (Å²) in [4.78, 5) is 0. The number of fused-ring (bicyclic) bond motifs is 11. The fourth-order valence-corrected chi connectivity index (χ4v) is 10.6. The number of thiophene rings is 2. The molecule has 50 heavy (non-hydrogen) atoms. The molecular formula is C48H28S2. The summed E-state index contributed by atoms with van der Waals surface area (Å²) in [6.07, 6.45) is 0. The van der Waals surface area contributed by atoms with Crippen LogP contribution in [0.3, 0.4) is 0 Å². The van der Waals surface area contributed by atoms with Gasteiger partial charge in [-0.15, -0.1) is 22.7 Å². The Kier molecular flexibility index (Phi) is 6.09. The van der Waals surface area contributed by atoms with Crippen LogP contribution in [-0.4, -0.2) is 0 Å². The monoisotopic (exact) mass is 668 g/mol. The largest absolute Gasteiger partial charge is 0.135 e. The molecule has 11 aromatic rings. The normalized spacial score (nSPS) is 12.0. The molecule has 0 saturated heterocycles. The number of hydrogen-bond donors (Lipinski definition) is 0. The van der Waals surface area contributed by atoms with Gasteiger partial charge in [-0.2, -0.15) is 0 Å². The van der Waals surface area contributed by atoms with Gasteiger partial charge in [-0.3, -0.25) is 0 Å². The molecule has 0 aliphatic heterocycles. The third-order valence-electron chi connectivity index (χ3n) is 10.5. The zero-order chi connectivity index (χ0) is 32.8. The molecule has 0 fully saturated rings. The van der Waals surface area contributed by atoms with Crippen molar-refractivity contribution in [2.45, 2.75) is 0 Å². The number of hydrogen-bond acceptors (Lipinski definition) is 2. The third-order valence-corrected chi connectivity index (χ3v) is 12.7. The fraction of sp³-hybridized carbons (Fsp3) is 0. The average molecular weight is 669 g/mol. The first-order valence-corrected chi connectivity index (χ1v) is 18.7. The molecule has 232 valence electrons. The smallest absolute Gasteiger partial charge is 0.0361 e. The molecule has 0 aliphatic rings. The first-order valence-electron chi connectivity index (χ1n) is 17.1. The van der Waals surface area contributed by atoms with Crippen molar-refractivity contribution in [2.24, 2.45) is 0 Å². The number of benzene rings is 9. The topological polar surface area (TPSA) is 0 Å². The molecule has 2 heterocycles. The highest BCUT2D eigenvalue weighted by Gasteiger charge is 2.17. The Morgan fingerprint density at radius 3 is 1.26 bits per heavy atom. The average Bonchev–Trinajstić information content (AvgIpc) is 3.75. The molecule has 0 amide bonds. The first kappa shape index (κ1) is 28.1. The van der Waals surface area contributed by atoms with E-state index in [9.17, 15) is 0 Å². The van der Waals surface area contributed by atoms with Crippen molar-refractivity contribution >= 4 is 95.3 Å². The van der Waals surface area contributed by atoms with Crippen molar-refractivity contribution in [1.82, 2.24) is 0 Å². The maximum absolute atomic E-state index is 2.39. The molecule has 0 unspecified atom stereocenters. The summed E-state index contributed by atoms with van der Waals surface area (Å²) < 4.78 is 5.39. The Morgan fingerprint density at radius 2 is 0.660 bits per heavy atom. The summed E-state index contributed by atoms with van der Waals surface area (Å²) in [5.74, 6) is 0. The summed E-state index contributed by atoms with van der Waals surface area (Å²) in [5, 5.41) is 13.3. The SMILES string of the molecule is c1ccc(-c2c3ccccc3c(-c3ccc(-c4ccc5c(c4)sc4ccc6c(ccc7sc8ccccc8c76)c45)cc3)c3ccccc23)cc1. The Bertz CT molecular complexity index is 3070. The van der Waals surface area contributed by atoms with Gasteiger partial charge >= 0.3 is 0 Å². The Morgan fingerprint density at radius 1 is 0.240 bits per heavy atom. The molecule has 0 spiro atoms. The molecule has 0 bridgehead atoms. The second-order valence-corrected chi connectivity index (χ2v) is 15.3. The Balaban J connectivity index is 1.04. The van der Waals surface area contributed by atoms with Gasteiger partial charge < -0.3 is 0 Å². The lowest BCUT2D eigenvalue weighted by Gasteiger charge is -2.18. The minimum absolute atomic E-state index is 1.24. The maximum Gasteiger partial charge on any atom is 0.0361 e. The summed E-state index contributed by atoms with van der Waals surface area (Å²) in [6.45, 7) is 0. The van der Waals surface area contributed by atoms with E-state index in [0.29, 0.717) is 0 Å². The van der Waals surface area contributed by atoms with Gasteiger partial charge in [0.1, 0.15) is 0 Å². The van der Waals surface area contributed by atoms with Crippen LogP contribution in [0, 0.1) is 0 Å². The lowest BCUT2D eigenvalue weighted by molar-refractivity contribution is 1.63. The van der Waals surface area contributed by atoms with Gasteiger partial charge in [0.25, 0.3) is 0 Å². The van der Waals surface area contributed by atoms with Crippen LogP contribution in [0.1, 0.15) is 0 Å². The molecule has 9 aromatic carbocycles. The molecule has 0 radical (unpaired) electrons. The van der Waals surface area contributed by atoms with E-state index in [1.54, 1.807) is 0 Å². The van der Waals surface area contributed by atoms with Gasteiger partial charge in [0.15, 0.2) is 0 Å². The van der Waals surface area contributed by atoms with Crippen LogP contribution in [0.5, 0.6) is 0 Å². The van der Waals surface area contributed by atoms with Gasteiger partial charge in [0, 0.05) is 40.3 Å². The Hall–Kier alpha value is -5.80. The third kappa shape index (κ3) is 4.10. The summed E-state index contributed by atoms with van der Waals surface area (Å²) in [6, 6.07) is 63.0. The first-order chi connectivity index (χ1) is 24.8. The zero-order valence-electron chi connectivity index (χ0n) is 27.0. The highest BCUT2D eigenvalue weighted by atomic mass is 32.1. The fourth-order valence-electron chi connectivity index (χ4n) is 8.27. The molecule has 11 rings (SSSR count).